The van der Waals surface area contributed by atoms with Crippen LogP contribution in [0.2, 0.25) is 10.0 Å². The maximum atomic E-state index is 12.8. The fourth-order valence-corrected chi connectivity index (χ4v) is 2.95. The summed E-state index contributed by atoms with van der Waals surface area (Å²) < 4.78 is 5.26. The fourth-order valence-electron chi connectivity index (χ4n) is 2.46. The van der Waals surface area contributed by atoms with Crippen LogP contribution in [0.25, 0.3) is 6.08 Å². The molecule has 2 N–H and O–H groups in total. The quantitative estimate of drug-likeness (QED) is 0.556. The standard InChI is InChI=1S/C21H16Cl2N2O3/c1-13-4-2-5-15(10-13)24-21(27)19(12-16-6-3-9-28-16)25-20(26)17-8-7-14(22)11-18(17)23/h2-12H,1H3,(H,24,27)(H,25,26). The first-order valence-corrected chi connectivity index (χ1v) is 9.07. The summed E-state index contributed by atoms with van der Waals surface area (Å²) in [6, 6.07) is 15.2. The lowest BCUT2D eigenvalue weighted by Crippen LogP contribution is -2.31. The van der Waals surface area contributed by atoms with Crippen LogP contribution >= 0.6 is 23.2 Å². The first-order chi connectivity index (χ1) is 13.4. The van der Waals surface area contributed by atoms with Crippen molar-refractivity contribution in [2.24, 2.45) is 0 Å². The highest BCUT2D eigenvalue weighted by Gasteiger charge is 2.17. The Morgan fingerprint density at radius 2 is 1.86 bits per heavy atom. The number of halogens is 2. The Morgan fingerprint density at radius 3 is 2.54 bits per heavy atom. The Kier molecular flexibility index (Phi) is 6.19. The number of hydrogen-bond acceptors (Lipinski definition) is 3. The Balaban J connectivity index is 1.87. The molecule has 0 atom stereocenters. The summed E-state index contributed by atoms with van der Waals surface area (Å²) >= 11 is 12.0. The number of aryl methyl sites for hydroxylation is 1. The van der Waals surface area contributed by atoms with Crippen LogP contribution in [0, 0.1) is 6.92 Å². The topological polar surface area (TPSA) is 71.3 Å². The first kappa shape index (κ1) is 19.7. The highest BCUT2D eigenvalue weighted by Crippen LogP contribution is 2.21. The highest BCUT2D eigenvalue weighted by atomic mass is 35.5. The molecule has 3 aromatic rings. The highest BCUT2D eigenvalue weighted by molar-refractivity contribution is 6.36. The monoisotopic (exact) mass is 414 g/mol. The van der Waals surface area contributed by atoms with Crippen LogP contribution in [0.1, 0.15) is 21.7 Å². The fraction of sp³-hybridized carbons (Fsp3) is 0.0476. The van der Waals surface area contributed by atoms with Gasteiger partial charge in [-0.05, 0) is 55.0 Å². The number of rotatable bonds is 5. The van der Waals surface area contributed by atoms with E-state index in [1.807, 2.05) is 25.1 Å². The number of benzene rings is 2. The molecule has 0 saturated heterocycles. The normalized spacial score (nSPS) is 11.2. The van der Waals surface area contributed by atoms with Crippen molar-refractivity contribution >= 4 is 46.8 Å². The van der Waals surface area contributed by atoms with Gasteiger partial charge in [-0.15, -0.1) is 0 Å². The molecule has 2 amide bonds. The molecule has 1 aromatic heterocycles. The van der Waals surface area contributed by atoms with Gasteiger partial charge in [-0.1, -0.05) is 35.3 Å². The molecule has 0 aliphatic rings. The molecule has 28 heavy (non-hydrogen) atoms. The van der Waals surface area contributed by atoms with E-state index in [9.17, 15) is 9.59 Å². The number of carbonyl (C=O) groups is 2. The van der Waals surface area contributed by atoms with Crippen LogP contribution in [-0.4, -0.2) is 11.8 Å². The molecule has 5 nitrogen and oxygen atoms in total. The van der Waals surface area contributed by atoms with Gasteiger partial charge in [0.15, 0.2) is 0 Å². The zero-order valence-electron chi connectivity index (χ0n) is 14.8. The summed E-state index contributed by atoms with van der Waals surface area (Å²) in [7, 11) is 0. The van der Waals surface area contributed by atoms with Gasteiger partial charge in [-0.3, -0.25) is 9.59 Å². The van der Waals surface area contributed by atoms with Gasteiger partial charge in [0.25, 0.3) is 11.8 Å². The van der Waals surface area contributed by atoms with Crippen molar-refractivity contribution in [2.45, 2.75) is 6.92 Å². The molecule has 1 heterocycles. The number of hydrogen-bond donors (Lipinski definition) is 2. The van der Waals surface area contributed by atoms with Gasteiger partial charge in [-0.25, -0.2) is 0 Å². The summed E-state index contributed by atoms with van der Waals surface area (Å²) in [5.74, 6) is -0.629. The lowest BCUT2D eigenvalue weighted by Gasteiger charge is -2.12. The van der Waals surface area contributed by atoms with Crippen molar-refractivity contribution in [3.8, 4) is 0 Å². The van der Waals surface area contributed by atoms with Crippen molar-refractivity contribution in [3.63, 3.8) is 0 Å². The van der Waals surface area contributed by atoms with Gasteiger partial charge < -0.3 is 15.1 Å². The number of amides is 2. The smallest absolute Gasteiger partial charge is 0.272 e. The molecule has 0 aliphatic carbocycles. The lowest BCUT2D eigenvalue weighted by atomic mass is 10.2. The summed E-state index contributed by atoms with van der Waals surface area (Å²) in [5, 5.41) is 5.94. The zero-order chi connectivity index (χ0) is 20.1. The van der Waals surface area contributed by atoms with E-state index in [0.717, 1.165) is 5.56 Å². The van der Waals surface area contributed by atoms with E-state index in [2.05, 4.69) is 10.6 Å². The summed E-state index contributed by atoms with van der Waals surface area (Å²) in [4.78, 5) is 25.4. The molecule has 0 unspecified atom stereocenters. The number of furan rings is 1. The van der Waals surface area contributed by atoms with Crippen LogP contribution in [0.15, 0.2) is 71.0 Å². The Bertz CT molecular complexity index is 1040. The molecular formula is C21H16Cl2N2O3. The SMILES string of the molecule is Cc1cccc(NC(=O)C(=Cc2ccco2)NC(=O)c2ccc(Cl)cc2Cl)c1. The lowest BCUT2D eigenvalue weighted by molar-refractivity contribution is -0.113. The van der Waals surface area contributed by atoms with Crippen molar-refractivity contribution < 1.29 is 14.0 Å². The maximum Gasteiger partial charge on any atom is 0.272 e. The van der Waals surface area contributed by atoms with Crippen molar-refractivity contribution in [1.29, 1.82) is 0 Å². The summed E-state index contributed by atoms with van der Waals surface area (Å²) in [5.41, 5.74) is 1.80. The van der Waals surface area contributed by atoms with Gasteiger partial charge in [0.1, 0.15) is 11.5 Å². The van der Waals surface area contributed by atoms with Crippen LogP contribution in [-0.2, 0) is 4.79 Å². The summed E-state index contributed by atoms with van der Waals surface area (Å²) in [6.07, 6.45) is 2.91. The minimum absolute atomic E-state index is 0.00692. The van der Waals surface area contributed by atoms with Crippen LogP contribution in [0.4, 0.5) is 5.69 Å². The molecule has 7 heteroatoms. The largest absolute Gasteiger partial charge is 0.465 e. The third-order valence-corrected chi connectivity index (χ3v) is 4.32. The average molecular weight is 415 g/mol. The predicted molar refractivity (Wildman–Crippen MR) is 110 cm³/mol. The van der Waals surface area contributed by atoms with E-state index in [4.69, 9.17) is 27.6 Å². The summed E-state index contributed by atoms with van der Waals surface area (Å²) in [6.45, 7) is 1.92. The number of nitrogens with one attached hydrogen (secondary N) is 2. The van der Waals surface area contributed by atoms with Crippen molar-refractivity contribution in [3.05, 3.63) is 93.5 Å². The van der Waals surface area contributed by atoms with E-state index < -0.39 is 11.8 Å². The van der Waals surface area contributed by atoms with Gasteiger partial charge in [0.05, 0.1) is 16.8 Å². The Hall–Kier alpha value is -3.02. The second-order valence-electron chi connectivity index (χ2n) is 5.98. The van der Waals surface area contributed by atoms with Gasteiger partial charge >= 0.3 is 0 Å². The molecule has 142 valence electrons. The molecule has 0 bridgehead atoms. The maximum absolute atomic E-state index is 12.8. The van der Waals surface area contributed by atoms with E-state index in [0.29, 0.717) is 16.5 Å². The van der Waals surface area contributed by atoms with Crippen molar-refractivity contribution in [2.75, 3.05) is 5.32 Å². The van der Waals surface area contributed by atoms with E-state index in [-0.39, 0.29) is 16.3 Å². The van der Waals surface area contributed by atoms with Crippen LogP contribution < -0.4 is 10.6 Å². The minimum Gasteiger partial charge on any atom is -0.465 e. The molecule has 0 fully saturated rings. The third kappa shape index (κ3) is 5.03. The Morgan fingerprint density at radius 1 is 1.04 bits per heavy atom. The molecular weight excluding hydrogens is 399 g/mol. The zero-order valence-corrected chi connectivity index (χ0v) is 16.3. The van der Waals surface area contributed by atoms with E-state index >= 15 is 0 Å². The second-order valence-corrected chi connectivity index (χ2v) is 6.82. The van der Waals surface area contributed by atoms with Crippen molar-refractivity contribution in [1.82, 2.24) is 5.32 Å². The van der Waals surface area contributed by atoms with Crippen LogP contribution in [0.5, 0.6) is 0 Å². The molecule has 0 radical (unpaired) electrons. The van der Waals surface area contributed by atoms with Gasteiger partial charge in [-0.2, -0.15) is 0 Å². The minimum atomic E-state index is -0.543. The van der Waals surface area contributed by atoms with Crippen LogP contribution in [0.3, 0.4) is 0 Å². The van der Waals surface area contributed by atoms with Gasteiger partial charge in [0.2, 0.25) is 0 Å². The predicted octanol–water partition coefficient (Wildman–Crippen LogP) is 5.30. The molecule has 0 saturated carbocycles. The Labute approximate surface area is 172 Å². The number of anilines is 1. The first-order valence-electron chi connectivity index (χ1n) is 8.32. The van der Waals surface area contributed by atoms with Gasteiger partial charge in [0, 0.05) is 16.8 Å². The molecule has 3 rings (SSSR count). The van der Waals surface area contributed by atoms with E-state index in [1.165, 1.54) is 24.5 Å². The number of carbonyl (C=O) groups excluding carboxylic acids is 2. The molecule has 2 aromatic carbocycles. The third-order valence-electron chi connectivity index (χ3n) is 3.77. The molecule has 0 spiro atoms. The molecule has 0 aliphatic heterocycles. The average Bonchev–Trinajstić information content (AvgIpc) is 3.14. The second kappa shape index (κ2) is 8.78. The van der Waals surface area contributed by atoms with E-state index in [1.54, 1.807) is 24.3 Å².